The fraction of sp³-hybridized carbons (Fsp3) is 0.353. The van der Waals surface area contributed by atoms with Crippen LogP contribution in [0.5, 0.6) is 5.75 Å². The summed E-state index contributed by atoms with van der Waals surface area (Å²) in [6, 6.07) is 12.2. The average Bonchev–Trinajstić information content (AvgIpc) is 2.47. The molecule has 21 heavy (non-hydrogen) atoms. The van der Waals surface area contributed by atoms with Crippen molar-refractivity contribution in [1.29, 1.82) is 0 Å². The van der Waals surface area contributed by atoms with Gasteiger partial charge in [-0.3, -0.25) is 9.88 Å². The number of aromatic nitrogens is 1. The number of nitrogens with zero attached hydrogens (tertiary/aromatic N) is 2. The topological polar surface area (TPSA) is 51.4 Å². The first kappa shape index (κ1) is 15.5. The minimum Gasteiger partial charge on any atom is -0.496 e. The molecule has 2 rings (SSSR count). The molecule has 1 aromatic heterocycles. The molecule has 0 saturated heterocycles. The third kappa shape index (κ3) is 4.28. The second kappa shape index (κ2) is 7.20. The van der Waals surface area contributed by atoms with E-state index in [1.54, 1.807) is 7.11 Å². The van der Waals surface area contributed by atoms with Gasteiger partial charge in [-0.1, -0.05) is 12.1 Å². The van der Waals surface area contributed by atoms with Gasteiger partial charge < -0.3 is 10.5 Å². The number of pyridine rings is 1. The smallest absolute Gasteiger partial charge is 0.123 e. The normalized spacial score (nSPS) is 10.9. The molecule has 0 aliphatic carbocycles. The van der Waals surface area contributed by atoms with Crippen molar-refractivity contribution in [3.63, 3.8) is 0 Å². The molecule has 1 aromatic carbocycles. The van der Waals surface area contributed by atoms with Crippen molar-refractivity contribution in [3.8, 4) is 5.75 Å². The van der Waals surface area contributed by atoms with Gasteiger partial charge in [0.1, 0.15) is 5.75 Å². The van der Waals surface area contributed by atoms with Gasteiger partial charge in [0.15, 0.2) is 0 Å². The van der Waals surface area contributed by atoms with Crippen molar-refractivity contribution < 1.29 is 4.74 Å². The number of aryl methyl sites for hydroxylation is 1. The fourth-order valence-corrected chi connectivity index (χ4v) is 2.39. The number of hydrogen-bond acceptors (Lipinski definition) is 4. The van der Waals surface area contributed by atoms with Gasteiger partial charge in [-0.2, -0.15) is 0 Å². The van der Waals surface area contributed by atoms with E-state index < -0.39 is 0 Å². The Hall–Kier alpha value is -1.91. The van der Waals surface area contributed by atoms with Crippen molar-refractivity contribution >= 4 is 0 Å². The summed E-state index contributed by atoms with van der Waals surface area (Å²) in [6.45, 7) is 4.15. The molecule has 2 aromatic rings. The second-order valence-corrected chi connectivity index (χ2v) is 5.29. The van der Waals surface area contributed by atoms with E-state index in [4.69, 9.17) is 10.5 Å². The van der Waals surface area contributed by atoms with E-state index in [9.17, 15) is 0 Å². The Kier molecular flexibility index (Phi) is 5.31. The quantitative estimate of drug-likeness (QED) is 0.886. The van der Waals surface area contributed by atoms with E-state index >= 15 is 0 Å². The highest BCUT2D eigenvalue weighted by atomic mass is 16.5. The number of benzene rings is 1. The van der Waals surface area contributed by atoms with Crippen LogP contribution < -0.4 is 10.5 Å². The Labute approximate surface area is 126 Å². The van der Waals surface area contributed by atoms with E-state index in [1.807, 2.05) is 31.2 Å². The molecular weight excluding hydrogens is 262 g/mol. The monoisotopic (exact) mass is 285 g/mol. The summed E-state index contributed by atoms with van der Waals surface area (Å²) >= 11 is 0. The Bertz CT molecular complexity index is 598. The zero-order chi connectivity index (χ0) is 15.2. The van der Waals surface area contributed by atoms with Crippen LogP contribution >= 0.6 is 0 Å². The maximum absolute atomic E-state index is 5.72. The average molecular weight is 285 g/mol. The van der Waals surface area contributed by atoms with Crippen molar-refractivity contribution in [2.75, 3.05) is 14.2 Å². The van der Waals surface area contributed by atoms with Crippen LogP contribution in [0.4, 0.5) is 0 Å². The van der Waals surface area contributed by atoms with Gasteiger partial charge in [-0.05, 0) is 43.8 Å². The molecule has 0 aliphatic heterocycles. The first-order chi connectivity index (χ1) is 10.1. The Balaban J connectivity index is 2.09. The maximum atomic E-state index is 5.72. The number of hydrogen-bond donors (Lipinski definition) is 1. The van der Waals surface area contributed by atoms with E-state index in [2.05, 4.69) is 29.1 Å². The van der Waals surface area contributed by atoms with Gasteiger partial charge in [-0.15, -0.1) is 0 Å². The van der Waals surface area contributed by atoms with Gasteiger partial charge >= 0.3 is 0 Å². The summed E-state index contributed by atoms with van der Waals surface area (Å²) in [4.78, 5) is 6.76. The van der Waals surface area contributed by atoms with Gasteiger partial charge in [-0.25, -0.2) is 0 Å². The van der Waals surface area contributed by atoms with Crippen LogP contribution in [0.25, 0.3) is 0 Å². The highest BCUT2D eigenvalue weighted by molar-refractivity contribution is 5.37. The van der Waals surface area contributed by atoms with E-state index in [-0.39, 0.29) is 0 Å². The first-order valence-corrected chi connectivity index (χ1v) is 7.09. The molecule has 4 heteroatoms. The van der Waals surface area contributed by atoms with Crippen molar-refractivity contribution in [2.45, 2.75) is 26.6 Å². The minimum atomic E-state index is 0.542. The first-order valence-electron chi connectivity index (χ1n) is 7.09. The number of nitrogens with two attached hydrogens (primary N) is 1. The SMILES string of the molecule is COc1ccc(CN)cc1CN(C)Cc1cccc(C)n1. The van der Waals surface area contributed by atoms with Gasteiger partial charge in [0.2, 0.25) is 0 Å². The van der Waals surface area contributed by atoms with Crippen molar-refractivity contribution in [3.05, 3.63) is 58.9 Å². The van der Waals surface area contributed by atoms with E-state index in [0.717, 1.165) is 41.4 Å². The summed E-state index contributed by atoms with van der Waals surface area (Å²) in [5.41, 5.74) is 10.1. The molecule has 0 spiro atoms. The lowest BCUT2D eigenvalue weighted by Gasteiger charge is -2.19. The highest BCUT2D eigenvalue weighted by Gasteiger charge is 2.08. The summed E-state index contributed by atoms with van der Waals surface area (Å²) < 4.78 is 5.43. The molecule has 2 N–H and O–H groups in total. The van der Waals surface area contributed by atoms with E-state index in [1.165, 1.54) is 0 Å². The van der Waals surface area contributed by atoms with Gasteiger partial charge in [0.25, 0.3) is 0 Å². The predicted octanol–water partition coefficient (Wildman–Crippen LogP) is 2.49. The zero-order valence-electron chi connectivity index (χ0n) is 13.0. The Morgan fingerprint density at radius 3 is 2.67 bits per heavy atom. The molecule has 0 fully saturated rings. The fourth-order valence-electron chi connectivity index (χ4n) is 2.39. The van der Waals surface area contributed by atoms with E-state index in [0.29, 0.717) is 6.54 Å². The Morgan fingerprint density at radius 1 is 1.19 bits per heavy atom. The molecule has 0 bridgehead atoms. The van der Waals surface area contributed by atoms with Crippen LogP contribution in [0.3, 0.4) is 0 Å². The van der Waals surface area contributed by atoms with Crippen molar-refractivity contribution in [1.82, 2.24) is 9.88 Å². The molecule has 112 valence electrons. The minimum absolute atomic E-state index is 0.542. The summed E-state index contributed by atoms with van der Waals surface area (Å²) in [6.07, 6.45) is 0. The molecule has 0 radical (unpaired) electrons. The molecule has 0 aliphatic rings. The van der Waals surface area contributed by atoms with Gasteiger partial charge in [0.05, 0.1) is 12.8 Å². The molecule has 0 unspecified atom stereocenters. The lowest BCUT2D eigenvalue weighted by molar-refractivity contribution is 0.306. The summed E-state index contributed by atoms with van der Waals surface area (Å²) in [5.74, 6) is 0.899. The molecule has 0 atom stereocenters. The van der Waals surface area contributed by atoms with Crippen LogP contribution in [0.2, 0.25) is 0 Å². The molecule has 1 heterocycles. The standard InChI is InChI=1S/C17H23N3O/c1-13-5-4-6-16(19-13)12-20(2)11-15-9-14(10-18)7-8-17(15)21-3/h4-9H,10-12,18H2,1-3H3. The molecule has 4 nitrogen and oxygen atoms in total. The van der Waals surface area contributed by atoms with Crippen molar-refractivity contribution in [2.24, 2.45) is 5.73 Å². The van der Waals surface area contributed by atoms with Crippen LogP contribution in [0.1, 0.15) is 22.5 Å². The molecule has 0 saturated carbocycles. The maximum Gasteiger partial charge on any atom is 0.123 e. The second-order valence-electron chi connectivity index (χ2n) is 5.29. The zero-order valence-corrected chi connectivity index (χ0v) is 13.0. The third-order valence-corrected chi connectivity index (χ3v) is 3.40. The number of ether oxygens (including phenoxy) is 1. The van der Waals surface area contributed by atoms with Gasteiger partial charge in [0, 0.05) is 30.9 Å². The predicted molar refractivity (Wildman–Crippen MR) is 85.0 cm³/mol. The highest BCUT2D eigenvalue weighted by Crippen LogP contribution is 2.21. The summed E-state index contributed by atoms with van der Waals surface area (Å²) in [5, 5.41) is 0. The van der Waals surface area contributed by atoms with Crippen LogP contribution in [0, 0.1) is 6.92 Å². The largest absolute Gasteiger partial charge is 0.496 e. The molecular formula is C17H23N3O. The van der Waals surface area contributed by atoms with Crippen LogP contribution in [-0.2, 0) is 19.6 Å². The van der Waals surface area contributed by atoms with Crippen LogP contribution in [-0.4, -0.2) is 24.0 Å². The summed E-state index contributed by atoms with van der Waals surface area (Å²) in [7, 11) is 3.78. The van der Waals surface area contributed by atoms with Crippen LogP contribution in [0.15, 0.2) is 36.4 Å². The Morgan fingerprint density at radius 2 is 2.00 bits per heavy atom. The third-order valence-electron chi connectivity index (χ3n) is 3.40. The lowest BCUT2D eigenvalue weighted by Crippen LogP contribution is -2.18. The number of methoxy groups -OCH3 is 1. The molecule has 0 amide bonds. The lowest BCUT2D eigenvalue weighted by atomic mass is 10.1. The number of rotatable bonds is 6.